The van der Waals surface area contributed by atoms with Gasteiger partial charge in [-0.1, -0.05) is 60.8 Å². The maximum Gasteiger partial charge on any atom is 0.319 e. The van der Waals surface area contributed by atoms with E-state index in [0.29, 0.717) is 23.8 Å². The van der Waals surface area contributed by atoms with Gasteiger partial charge in [0.25, 0.3) is 0 Å². The Hall–Kier alpha value is -3.40. The minimum Gasteiger partial charge on any atom is -0.337 e. The summed E-state index contributed by atoms with van der Waals surface area (Å²) in [5.74, 6) is -0.416. The van der Waals surface area contributed by atoms with Gasteiger partial charge in [-0.25, -0.2) is 9.18 Å². The molecule has 1 atom stereocenters. The molecule has 1 fully saturated rings. The Kier molecular flexibility index (Phi) is 8.94. The molecule has 7 heteroatoms. The lowest BCUT2D eigenvalue weighted by molar-refractivity contribution is 0.251. The molecule has 3 aromatic carbocycles. The lowest BCUT2D eigenvalue weighted by Gasteiger charge is -2.21. The number of rotatable bonds is 9. The van der Waals surface area contributed by atoms with Crippen molar-refractivity contribution < 1.29 is 9.18 Å². The van der Waals surface area contributed by atoms with Gasteiger partial charge < -0.3 is 16.0 Å². The van der Waals surface area contributed by atoms with Crippen LogP contribution in [0.15, 0.2) is 66.7 Å². The number of hydrogen-bond donors (Lipinski definition) is 3. The van der Waals surface area contributed by atoms with E-state index in [9.17, 15) is 14.4 Å². The van der Waals surface area contributed by atoms with Crippen LogP contribution in [-0.2, 0) is 0 Å². The number of halogens is 2. The van der Waals surface area contributed by atoms with Crippen molar-refractivity contribution in [2.45, 2.75) is 44.1 Å². The zero-order valence-electron chi connectivity index (χ0n) is 20.1. The van der Waals surface area contributed by atoms with E-state index < -0.39 is 5.82 Å². The van der Waals surface area contributed by atoms with Gasteiger partial charge in [-0.2, -0.15) is 5.26 Å². The number of amides is 2. The summed E-state index contributed by atoms with van der Waals surface area (Å²) in [6, 6.07) is 22.3. The molecule has 3 N–H and O–H groups in total. The van der Waals surface area contributed by atoms with E-state index in [0.717, 1.165) is 29.7 Å². The maximum absolute atomic E-state index is 13.4. The fourth-order valence-corrected chi connectivity index (χ4v) is 4.84. The summed E-state index contributed by atoms with van der Waals surface area (Å²) in [6.45, 7) is 1.33. The summed E-state index contributed by atoms with van der Waals surface area (Å²) in [7, 11) is 0. The average molecular weight is 505 g/mol. The number of urea groups is 1. The molecule has 3 aromatic rings. The third-order valence-corrected chi connectivity index (χ3v) is 6.96. The quantitative estimate of drug-likeness (QED) is 0.298. The van der Waals surface area contributed by atoms with Crippen LogP contribution in [0, 0.1) is 17.1 Å². The molecular weight excluding hydrogens is 475 g/mol. The minimum atomic E-state index is -0.528. The van der Waals surface area contributed by atoms with Crippen LogP contribution in [0.2, 0.25) is 5.02 Å². The van der Waals surface area contributed by atoms with E-state index in [2.05, 4.69) is 46.3 Å². The second-order valence-electron chi connectivity index (χ2n) is 9.20. The van der Waals surface area contributed by atoms with Gasteiger partial charge in [0.05, 0.1) is 16.7 Å². The second kappa shape index (κ2) is 12.5. The van der Waals surface area contributed by atoms with Crippen molar-refractivity contribution in [3.63, 3.8) is 0 Å². The Labute approximate surface area is 216 Å². The molecule has 1 saturated carbocycles. The Morgan fingerprint density at radius 2 is 1.83 bits per heavy atom. The predicted molar refractivity (Wildman–Crippen MR) is 143 cm³/mol. The van der Waals surface area contributed by atoms with Gasteiger partial charge in [-0.3, -0.25) is 0 Å². The van der Waals surface area contributed by atoms with E-state index >= 15 is 0 Å². The second-order valence-corrected chi connectivity index (χ2v) is 9.61. The van der Waals surface area contributed by atoms with E-state index in [1.807, 2.05) is 18.2 Å². The molecule has 186 valence electrons. The van der Waals surface area contributed by atoms with Crippen LogP contribution in [0.3, 0.4) is 0 Å². The number of benzene rings is 3. The molecule has 0 saturated heterocycles. The van der Waals surface area contributed by atoms with Crippen molar-refractivity contribution in [3.8, 4) is 17.2 Å². The topological polar surface area (TPSA) is 77.0 Å². The van der Waals surface area contributed by atoms with E-state index in [1.54, 1.807) is 6.07 Å². The fraction of sp³-hybridized carbons (Fsp3) is 0.310. The first-order valence-corrected chi connectivity index (χ1v) is 12.7. The van der Waals surface area contributed by atoms with Crippen LogP contribution < -0.4 is 16.0 Å². The normalized spacial score (nSPS) is 14.2. The number of anilines is 1. The molecule has 1 aliphatic carbocycles. The van der Waals surface area contributed by atoms with Crippen molar-refractivity contribution in [1.29, 1.82) is 5.26 Å². The van der Waals surface area contributed by atoms with Crippen LogP contribution in [-0.4, -0.2) is 25.2 Å². The lowest BCUT2D eigenvalue weighted by atomic mass is 9.93. The summed E-state index contributed by atoms with van der Waals surface area (Å²) >= 11 is 5.82. The molecular formula is C29H30ClFN4O. The largest absolute Gasteiger partial charge is 0.337 e. The average Bonchev–Trinajstić information content (AvgIpc) is 3.42. The number of nitrogens with one attached hydrogen (secondary N) is 3. The Morgan fingerprint density at radius 3 is 2.56 bits per heavy atom. The summed E-state index contributed by atoms with van der Waals surface area (Å²) in [5, 5.41) is 18.5. The van der Waals surface area contributed by atoms with Crippen molar-refractivity contribution >= 4 is 23.3 Å². The first kappa shape index (κ1) is 25.7. The predicted octanol–water partition coefficient (Wildman–Crippen LogP) is 6.85. The summed E-state index contributed by atoms with van der Waals surface area (Å²) < 4.78 is 13.4. The molecule has 5 nitrogen and oxygen atoms in total. The van der Waals surface area contributed by atoms with Gasteiger partial charge in [-0.05, 0) is 72.8 Å². The third-order valence-electron chi connectivity index (χ3n) is 6.67. The number of carbonyl (C=O) groups is 1. The molecule has 0 heterocycles. The van der Waals surface area contributed by atoms with Gasteiger partial charge in [-0.15, -0.1) is 0 Å². The molecule has 0 radical (unpaired) electrons. The number of hydrogen-bond acceptors (Lipinski definition) is 3. The van der Waals surface area contributed by atoms with E-state index in [1.165, 1.54) is 43.9 Å². The minimum absolute atomic E-state index is 0.0379. The fourth-order valence-electron chi connectivity index (χ4n) is 4.66. The molecule has 1 unspecified atom stereocenters. The smallest absolute Gasteiger partial charge is 0.319 e. The van der Waals surface area contributed by atoms with Crippen LogP contribution in [0.5, 0.6) is 0 Å². The molecule has 2 amide bonds. The van der Waals surface area contributed by atoms with Crippen LogP contribution in [0.25, 0.3) is 11.1 Å². The monoisotopic (exact) mass is 504 g/mol. The van der Waals surface area contributed by atoms with Crippen molar-refractivity contribution in [2.24, 2.45) is 0 Å². The molecule has 0 aromatic heterocycles. The van der Waals surface area contributed by atoms with Crippen LogP contribution in [0.1, 0.15) is 49.1 Å². The SMILES string of the molecule is N#Cc1cccc(-c2ccc(C(CCNC3CCCC3)CNC(=O)Nc3ccc(F)c(Cl)c3)cc2)c1. The van der Waals surface area contributed by atoms with Gasteiger partial charge in [0.1, 0.15) is 5.82 Å². The lowest BCUT2D eigenvalue weighted by Crippen LogP contribution is -2.34. The highest BCUT2D eigenvalue weighted by Crippen LogP contribution is 2.26. The van der Waals surface area contributed by atoms with Gasteiger partial charge >= 0.3 is 6.03 Å². The number of nitrogens with zero attached hydrogens (tertiary/aromatic N) is 1. The number of carbonyl (C=O) groups excluding carboxylic acids is 1. The van der Waals surface area contributed by atoms with Crippen molar-refractivity contribution in [2.75, 3.05) is 18.4 Å². The highest BCUT2D eigenvalue weighted by molar-refractivity contribution is 6.31. The summed E-state index contributed by atoms with van der Waals surface area (Å²) in [6.07, 6.45) is 5.89. The van der Waals surface area contributed by atoms with Crippen LogP contribution in [0.4, 0.5) is 14.9 Å². The van der Waals surface area contributed by atoms with Crippen molar-refractivity contribution in [3.05, 3.63) is 88.7 Å². The van der Waals surface area contributed by atoms with Crippen LogP contribution >= 0.6 is 11.6 Å². The highest BCUT2D eigenvalue weighted by Gasteiger charge is 2.17. The Morgan fingerprint density at radius 1 is 1.06 bits per heavy atom. The van der Waals surface area contributed by atoms with Crippen molar-refractivity contribution in [1.82, 2.24) is 10.6 Å². The standard InChI is InChI=1S/C29H30ClFN4O/c30-27-17-26(12-13-28(27)31)35-29(36)34-19-24(14-15-33-25-6-1-2-7-25)22-10-8-21(9-11-22)23-5-3-4-20(16-23)18-32/h3-5,8-13,16-17,24-25,33H,1-2,6-7,14-15,19H2,(H2,34,35,36). The summed E-state index contributed by atoms with van der Waals surface area (Å²) in [5.41, 5.74) is 4.23. The molecule has 0 aliphatic heterocycles. The van der Waals surface area contributed by atoms with Gasteiger partial charge in [0, 0.05) is 24.2 Å². The van der Waals surface area contributed by atoms with Gasteiger partial charge in [0.15, 0.2) is 0 Å². The Balaban J connectivity index is 1.42. The molecule has 0 bridgehead atoms. The van der Waals surface area contributed by atoms with Gasteiger partial charge in [0.2, 0.25) is 0 Å². The number of nitriles is 1. The molecule has 36 heavy (non-hydrogen) atoms. The van der Waals surface area contributed by atoms with E-state index in [-0.39, 0.29) is 17.0 Å². The molecule has 1 aliphatic rings. The highest BCUT2D eigenvalue weighted by atomic mass is 35.5. The first-order chi connectivity index (χ1) is 17.5. The Bertz CT molecular complexity index is 1220. The molecule has 0 spiro atoms. The third kappa shape index (κ3) is 7.07. The molecule has 4 rings (SSSR count). The summed E-state index contributed by atoms with van der Waals surface area (Å²) in [4.78, 5) is 12.5. The first-order valence-electron chi connectivity index (χ1n) is 12.4. The maximum atomic E-state index is 13.4. The zero-order chi connectivity index (χ0) is 25.3. The zero-order valence-corrected chi connectivity index (χ0v) is 20.8. The van der Waals surface area contributed by atoms with E-state index in [4.69, 9.17) is 11.6 Å².